The average Bonchev–Trinajstić information content (AvgIpc) is 2.49. The first-order chi connectivity index (χ1) is 11.9. The van der Waals surface area contributed by atoms with Crippen molar-refractivity contribution in [3.05, 3.63) is 35.4 Å². The van der Waals surface area contributed by atoms with Crippen LogP contribution in [0.2, 0.25) is 0 Å². The number of hydrogen-bond donors (Lipinski definition) is 3. The number of hydrogen-bond acceptors (Lipinski definition) is 3. The molecule has 1 atom stereocenters. The molecule has 26 heavy (non-hydrogen) atoms. The molecular weight excluding hydrogens is 353 g/mol. The number of aliphatic hydroxyl groups is 1. The lowest BCUT2D eigenvalue weighted by Crippen LogP contribution is -2.48. The minimum Gasteiger partial charge on any atom is -0.465 e. The zero-order valence-electron chi connectivity index (χ0n) is 14.8. The summed E-state index contributed by atoms with van der Waals surface area (Å²) in [6, 6.07) is 3.26. The molecule has 0 aliphatic heterocycles. The number of alkyl halides is 3. The van der Waals surface area contributed by atoms with E-state index < -0.39 is 41.7 Å². The van der Waals surface area contributed by atoms with Crippen molar-refractivity contribution >= 4 is 12.0 Å². The van der Waals surface area contributed by atoms with Crippen molar-refractivity contribution < 1.29 is 33.0 Å². The van der Waals surface area contributed by atoms with Crippen molar-refractivity contribution in [3.63, 3.8) is 0 Å². The molecular formula is C17H23F3N2O4. The highest BCUT2D eigenvalue weighted by Crippen LogP contribution is 2.39. The highest BCUT2D eigenvalue weighted by Gasteiger charge is 2.41. The van der Waals surface area contributed by atoms with Gasteiger partial charge in [0.15, 0.2) is 0 Å². The van der Waals surface area contributed by atoms with Gasteiger partial charge in [-0.3, -0.25) is 9.69 Å². The second kappa shape index (κ2) is 8.39. The third-order valence-electron chi connectivity index (χ3n) is 3.68. The minimum atomic E-state index is -4.70. The van der Waals surface area contributed by atoms with E-state index in [9.17, 15) is 27.9 Å². The van der Waals surface area contributed by atoms with Crippen molar-refractivity contribution in [2.75, 3.05) is 13.2 Å². The number of amides is 2. The smallest absolute Gasteiger partial charge is 0.416 e. The van der Waals surface area contributed by atoms with Crippen LogP contribution in [0.15, 0.2) is 24.3 Å². The third-order valence-corrected chi connectivity index (χ3v) is 3.68. The molecule has 1 rings (SSSR count). The standard InChI is InChI=1S/C17H23F3N2O4/c1-16(2,3)22(15(25)26)13(10-14(24)21-8-9-23)11-6-4-5-7-12(11)17(18,19)20/h4-7,13,23H,8-10H2,1-3H3,(H,21,24)(H,25,26)/t13-/m0/s1. The molecule has 0 aromatic heterocycles. The fourth-order valence-corrected chi connectivity index (χ4v) is 2.72. The van der Waals surface area contributed by atoms with Crippen LogP contribution in [0.5, 0.6) is 0 Å². The normalized spacial score (nSPS) is 13.2. The topological polar surface area (TPSA) is 89.9 Å². The minimum absolute atomic E-state index is 0.0743. The number of halogens is 3. The zero-order valence-corrected chi connectivity index (χ0v) is 14.8. The monoisotopic (exact) mass is 376 g/mol. The molecule has 3 N–H and O–H groups in total. The number of rotatable bonds is 6. The van der Waals surface area contributed by atoms with Crippen molar-refractivity contribution in [1.82, 2.24) is 10.2 Å². The largest absolute Gasteiger partial charge is 0.465 e. The van der Waals surface area contributed by atoms with Crippen LogP contribution >= 0.6 is 0 Å². The van der Waals surface area contributed by atoms with Gasteiger partial charge < -0.3 is 15.5 Å². The van der Waals surface area contributed by atoms with Gasteiger partial charge in [-0.05, 0) is 32.4 Å². The van der Waals surface area contributed by atoms with E-state index >= 15 is 0 Å². The van der Waals surface area contributed by atoms with Gasteiger partial charge in [0.1, 0.15) is 0 Å². The molecule has 0 saturated carbocycles. The first-order valence-electron chi connectivity index (χ1n) is 7.95. The van der Waals surface area contributed by atoms with Crippen LogP contribution < -0.4 is 5.32 Å². The van der Waals surface area contributed by atoms with Crippen LogP contribution in [0.3, 0.4) is 0 Å². The fraction of sp³-hybridized carbons (Fsp3) is 0.529. The van der Waals surface area contributed by atoms with E-state index in [1.807, 2.05) is 0 Å². The number of benzene rings is 1. The molecule has 0 fully saturated rings. The summed E-state index contributed by atoms with van der Waals surface area (Å²) in [4.78, 5) is 24.7. The number of carboxylic acid groups (broad SMARTS) is 1. The van der Waals surface area contributed by atoms with Crippen LogP contribution in [0.4, 0.5) is 18.0 Å². The maximum atomic E-state index is 13.4. The Balaban J connectivity index is 3.46. The summed E-state index contributed by atoms with van der Waals surface area (Å²) in [6.07, 6.45) is -6.63. The van der Waals surface area contributed by atoms with Gasteiger partial charge in [-0.15, -0.1) is 0 Å². The lowest BCUT2D eigenvalue weighted by Gasteiger charge is -2.40. The predicted octanol–water partition coefficient (Wildman–Crippen LogP) is 3.02. The number of aliphatic hydroxyl groups excluding tert-OH is 1. The van der Waals surface area contributed by atoms with Crippen LogP contribution in [0, 0.1) is 0 Å². The van der Waals surface area contributed by atoms with Crippen LogP contribution in [0.1, 0.15) is 44.4 Å². The van der Waals surface area contributed by atoms with E-state index in [-0.39, 0.29) is 18.7 Å². The Labute approximate surface area is 149 Å². The quantitative estimate of drug-likeness (QED) is 0.712. The van der Waals surface area contributed by atoms with Gasteiger partial charge in [0.25, 0.3) is 0 Å². The summed E-state index contributed by atoms with van der Waals surface area (Å²) in [5.74, 6) is -0.656. The van der Waals surface area contributed by atoms with Crippen molar-refractivity contribution in [2.45, 2.75) is 44.9 Å². The van der Waals surface area contributed by atoms with Gasteiger partial charge in [-0.1, -0.05) is 18.2 Å². The molecule has 0 saturated heterocycles. The molecule has 0 bridgehead atoms. The lowest BCUT2D eigenvalue weighted by atomic mass is 9.92. The van der Waals surface area contributed by atoms with Crippen LogP contribution in [0.25, 0.3) is 0 Å². The molecule has 0 aliphatic rings. The third kappa shape index (κ3) is 5.62. The Morgan fingerprint density at radius 2 is 1.77 bits per heavy atom. The van der Waals surface area contributed by atoms with E-state index in [0.29, 0.717) is 0 Å². The molecule has 1 aromatic rings. The Hall–Kier alpha value is -2.29. The van der Waals surface area contributed by atoms with Gasteiger partial charge in [-0.2, -0.15) is 13.2 Å². The predicted molar refractivity (Wildman–Crippen MR) is 88.5 cm³/mol. The summed E-state index contributed by atoms with van der Waals surface area (Å²) < 4.78 is 40.2. The zero-order chi connectivity index (χ0) is 20.1. The molecule has 0 spiro atoms. The van der Waals surface area contributed by atoms with Gasteiger partial charge >= 0.3 is 12.3 Å². The van der Waals surface area contributed by atoms with Crippen molar-refractivity contribution in [3.8, 4) is 0 Å². The molecule has 0 heterocycles. The maximum absolute atomic E-state index is 13.4. The van der Waals surface area contributed by atoms with Gasteiger partial charge in [0.2, 0.25) is 5.91 Å². The number of carbonyl (C=O) groups is 2. The summed E-state index contributed by atoms with van der Waals surface area (Å²) in [5.41, 5.74) is -2.33. The Morgan fingerprint density at radius 3 is 2.23 bits per heavy atom. The molecule has 6 nitrogen and oxygen atoms in total. The number of nitrogens with one attached hydrogen (secondary N) is 1. The Kier molecular flexibility index (Phi) is 7.02. The Bertz CT molecular complexity index is 642. The van der Waals surface area contributed by atoms with Crippen LogP contribution in [-0.4, -0.2) is 45.8 Å². The van der Waals surface area contributed by atoms with E-state index in [1.54, 1.807) is 0 Å². The Morgan fingerprint density at radius 1 is 1.19 bits per heavy atom. The van der Waals surface area contributed by atoms with Gasteiger partial charge in [-0.25, -0.2) is 4.79 Å². The summed E-state index contributed by atoms with van der Waals surface area (Å²) >= 11 is 0. The first-order valence-corrected chi connectivity index (χ1v) is 7.95. The summed E-state index contributed by atoms with van der Waals surface area (Å²) in [5, 5.41) is 20.7. The molecule has 0 radical (unpaired) electrons. The van der Waals surface area contributed by atoms with Crippen molar-refractivity contribution in [2.24, 2.45) is 0 Å². The molecule has 1 aromatic carbocycles. The lowest BCUT2D eigenvalue weighted by molar-refractivity contribution is -0.139. The maximum Gasteiger partial charge on any atom is 0.416 e. The fourth-order valence-electron chi connectivity index (χ4n) is 2.72. The van der Waals surface area contributed by atoms with Gasteiger partial charge in [0.05, 0.1) is 24.6 Å². The average molecular weight is 376 g/mol. The molecule has 0 unspecified atom stereocenters. The number of nitrogens with zero attached hydrogens (tertiary/aromatic N) is 1. The van der Waals surface area contributed by atoms with Crippen molar-refractivity contribution in [1.29, 1.82) is 0 Å². The second-order valence-electron chi connectivity index (χ2n) is 6.70. The summed E-state index contributed by atoms with van der Waals surface area (Å²) in [7, 11) is 0. The van der Waals surface area contributed by atoms with Crippen LogP contribution in [-0.2, 0) is 11.0 Å². The van der Waals surface area contributed by atoms with E-state index in [4.69, 9.17) is 5.11 Å². The SMILES string of the molecule is CC(C)(C)N(C(=O)O)[C@@H](CC(=O)NCCO)c1ccccc1C(F)(F)F. The molecule has 2 amide bonds. The molecule has 9 heteroatoms. The highest BCUT2D eigenvalue weighted by atomic mass is 19.4. The second-order valence-corrected chi connectivity index (χ2v) is 6.70. The van der Waals surface area contributed by atoms with E-state index in [0.717, 1.165) is 11.0 Å². The first kappa shape index (κ1) is 21.8. The molecule has 146 valence electrons. The van der Waals surface area contributed by atoms with E-state index in [2.05, 4.69) is 5.32 Å². The van der Waals surface area contributed by atoms with Gasteiger partial charge in [0, 0.05) is 12.1 Å². The highest BCUT2D eigenvalue weighted by molar-refractivity contribution is 5.78. The summed E-state index contributed by atoms with van der Waals surface area (Å²) in [6.45, 7) is 4.20. The van der Waals surface area contributed by atoms with E-state index in [1.165, 1.54) is 39.0 Å². The number of carbonyl (C=O) groups excluding carboxylic acids is 1. The molecule has 0 aliphatic carbocycles.